The third-order valence-corrected chi connectivity index (χ3v) is 4.46. The molecule has 6 nitrogen and oxygen atoms in total. The van der Waals surface area contributed by atoms with Crippen LogP contribution in [0.15, 0.2) is 47.0 Å². The zero-order chi connectivity index (χ0) is 18.8. The number of amides is 1. The summed E-state index contributed by atoms with van der Waals surface area (Å²) in [5.41, 5.74) is 0.912. The molecule has 0 aliphatic heterocycles. The topological polar surface area (TPSA) is 69.3 Å². The number of furan rings is 1. The molecule has 1 amide bonds. The Labute approximate surface area is 155 Å². The average molecular weight is 369 g/mol. The Balaban J connectivity index is 1.38. The number of aryl methyl sites for hydroxylation is 1. The van der Waals surface area contributed by atoms with E-state index in [-0.39, 0.29) is 24.1 Å². The summed E-state index contributed by atoms with van der Waals surface area (Å²) in [6, 6.07) is 9.01. The number of halogens is 1. The molecule has 0 spiro atoms. The SMILES string of the molecule is Cc1cnn(CC2CC2)c1NC(=O)c1ccc(COc2ccc(F)cc2)o1. The van der Waals surface area contributed by atoms with Crippen LogP contribution in [-0.2, 0) is 13.2 Å². The number of carbonyl (C=O) groups is 1. The van der Waals surface area contributed by atoms with Gasteiger partial charge in [-0.3, -0.25) is 4.79 Å². The summed E-state index contributed by atoms with van der Waals surface area (Å²) in [6.45, 7) is 2.88. The van der Waals surface area contributed by atoms with Gasteiger partial charge in [0.15, 0.2) is 5.76 Å². The Bertz CT molecular complexity index is 942. The van der Waals surface area contributed by atoms with Crippen molar-refractivity contribution in [1.29, 1.82) is 0 Å². The maximum atomic E-state index is 12.9. The monoisotopic (exact) mass is 369 g/mol. The van der Waals surface area contributed by atoms with E-state index in [1.165, 1.54) is 37.1 Å². The maximum absolute atomic E-state index is 12.9. The van der Waals surface area contributed by atoms with E-state index < -0.39 is 0 Å². The number of anilines is 1. The molecule has 2 aromatic heterocycles. The first kappa shape index (κ1) is 17.3. The Morgan fingerprint density at radius 2 is 2.07 bits per heavy atom. The van der Waals surface area contributed by atoms with Gasteiger partial charge in [-0.15, -0.1) is 0 Å². The first-order valence-electron chi connectivity index (χ1n) is 8.89. The second-order valence-corrected chi connectivity index (χ2v) is 6.76. The van der Waals surface area contributed by atoms with Crippen molar-refractivity contribution in [3.63, 3.8) is 0 Å². The molecule has 7 heteroatoms. The lowest BCUT2D eigenvalue weighted by Crippen LogP contribution is -2.16. The van der Waals surface area contributed by atoms with E-state index >= 15 is 0 Å². The summed E-state index contributed by atoms with van der Waals surface area (Å²) >= 11 is 0. The average Bonchev–Trinajstić information content (AvgIpc) is 3.24. The third kappa shape index (κ3) is 4.19. The molecule has 0 saturated heterocycles. The maximum Gasteiger partial charge on any atom is 0.292 e. The van der Waals surface area contributed by atoms with E-state index in [4.69, 9.17) is 9.15 Å². The Morgan fingerprint density at radius 3 is 2.81 bits per heavy atom. The standard InChI is InChI=1S/C20H20FN3O3/c1-13-10-22-24(11-14-2-3-14)19(13)23-20(25)18-9-8-17(27-18)12-26-16-6-4-15(21)5-7-16/h4-10,14H,2-3,11-12H2,1H3,(H,23,25). The zero-order valence-electron chi connectivity index (χ0n) is 14.9. The van der Waals surface area contributed by atoms with Crippen LogP contribution in [0.3, 0.4) is 0 Å². The molecule has 2 heterocycles. The number of rotatable bonds is 7. The molecule has 4 rings (SSSR count). The molecule has 0 atom stereocenters. The number of carbonyl (C=O) groups excluding carboxylic acids is 1. The van der Waals surface area contributed by atoms with Crippen molar-refractivity contribution in [2.75, 3.05) is 5.32 Å². The molecule has 27 heavy (non-hydrogen) atoms. The fourth-order valence-electron chi connectivity index (χ4n) is 2.76. The van der Waals surface area contributed by atoms with Crippen LogP contribution in [-0.4, -0.2) is 15.7 Å². The molecular weight excluding hydrogens is 349 g/mol. The third-order valence-electron chi connectivity index (χ3n) is 4.46. The molecule has 140 valence electrons. The molecule has 1 N–H and O–H groups in total. The lowest BCUT2D eigenvalue weighted by molar-refractivity contribution is 0.0991. The molecule has 1 saturated carbocycles. The Morgan fingerprint density at radius 1 is 1.30 bits per heavy atom. The van der Waals surface area contributed by atoms with Crippen LogP contribution < -0.4 is 10.1 Å². The summed E-state index contributed by atoms with van der Waals surface area (Å²) in [5.74, 6) is 1.93. The van der Waals surface area contributed by atoms with Gasteiger partial charge in [0.05, 0.1) is 6.20 Å². The van der Waals surface area contributed by atoms with Crippen molar-refractivity contribution in [2.45, 2.75) is 32.9 Å². The molecule has 1 aliphatic carbocycles. The summed E-state index contributed by atoms with van der Waals surface area (Å²) < 4.78 is 25.8. The first-order valence-corrected chi connectivity index (χ1v) is 8.89. The van der Waals surface area contributed by atoms with Gasteiger partial charge >= 0.3 is 0 Å². The van der Waals surface area contributed by atoms with Crippen molar-refractivity contribution < 1.29 is 18.3 Å². The predicted octanol–water partition coefficient (Wildman–Crippen LogP) is 4.16. The lowest BCUT2D eigenvalue weighted by atomic mass is 10.3. The van der Waals surface area contributed by atoms with Crippen LogP contribution in [0.2, 0.25) is 0 Å². The summed E-state index contributed by atoms with van der Waals surface area (Å²) in [6.07, 6.45) is 4.17. The highest BCUT2D eigenvalue weighted by Gasteiger charge is 2.24. The lowest BCUT2D eigenvalue weighted by Gasteiger charge is -2.08. The van der Waals surface area contributed by atoms with E-state index in [2.05, 4.69) is 10.4 Å². The van der Waals surface area contributed by atoms with E-state index in [9.17, 15) is 9.18 Å². The molecule has 1 aliphatic rings. The van der Waals surface area contributed by atoms with Gasteiger partial charge in [0.25, 0.3) is 5.91 Å². The van der Waals surface area contributed by atoms with Gasteiger partial charge < -0.3 is 14.5 Å². The van der Waals surface area contributed by atoms with Crippen molar-refractivity contribution in [2.24, 2.45) is 5.92 Å². The molecule has 1 fully saturated rings. The molecule has 3 aromatic rings. The number of nitrogens with one attached hydrogen (secondary N) is 1. The molecule has 0 bridgehead atoms. The highest BCUT2D eigenvalue weighted by molar-refractivity contribution is 6.02. The summed E-state index contributed by atoms with van der Waals surface area (Å²) in [5, 5.41) is 7.23. The minimum absolute atomic E-state index is 0.150. The molecule has 0 unspecified atom stereocenters. The Kier molecular flexibility index (Phi) is 4.66. The van der Waals surface area contributed by atoms with Crippen LogP contribution >= 0.6 is 0 Å². The van der Waals surface area contributed by atoms with Gasteiger partial charge in [-0.05, 0) is 62.1 Å². The number of ether oxygens (including phenoxy) is 1. The number of hydrogen-bond acceptors (Lipinski definition) is 4. The largest absolute Gasteiger partial charge is 0.486 e. The highest BCUT2D eigenvalue weighted by Crippen LogP contribution is 2.32. The first-order chi connectivity index (χ1) is 13.1. The van der Waals surface area contributed by atoms with Crippen molar-refractivity contribution in [3.8, 4) is 5.75 Å². The quantitative estimate of drug-likeness (QED) is 0.679. The smallest absolute Gasteiger partial charge is 0.292 e. The fourth-order valence-corrected chi connectivity index (χ4v) is 2.76. The summed E-state index contributed by atoms with van der Waals surface area (Å²) in [4.78, 5) is 12.5. The van der Waals surface area contributed by atoms with Gasteiger partial charge in [-0.2, -0.15) is 5.10 Å². The van der Waals surface area contributed by atoms with Gasteiger partial charge in [-0.1, -0.05) is 0 Å². The van der Waals surface area contributed by atoms with Gasteiger partial charge in [0, 0.05) is 12.1 Å². The summed E-state index contributed by atoms with van der Waals surface area (Å²) in [7, 11) is 0. The van der Waals surface area contributed by atoms with Gasteiger partial charge in [0.1, 0.15) is 29.8 Å². The Hall–Kier alpha value is -3.09. The van der Waals surface area contributed by atoms with Gasteiger partial charge in [-0.25, -0.2) is 9.07 Å². The van der Waals surface area contributed by atoms with Crippen LogP contribution in [0.4, 0.5) is 10.2 Å². The van der Waals surface area contributed by atoms with Crippen LogP contribution in [0.5, 0.6) is 5.75 Å². The highest BCUT2D eigenvalue weighted by atomic mass is 19.1. The van der Waals surface area contributed by atoms with E-state index in [0.29, 0.717) is 23.2 Å². The van der Waals surface area contributed by atoms with Crippen molar-refractivity contribution >= 4 is 11.7 Å². The second-order valence-electron chi connectivity index (χ2n) is 6.76. The minimum atomic E-state index is -0.330. The van der Waals surface area contributed by atoms with Gasteiger partial charge in [0.2, 0.25) is 0 Å². The van der Waals surface area contributed by atoms with Crippen molar-refractivity contribution in [1.82, 2.24) is 9.78 Å². The number of benzene rings is 1. The molecule has 0 radical (unpaired) electrons. The van der Waals surface area contributed by atoms with Crippen molar-refractivity contribution in [3.05, 3.63) is 65.5 Å². The number of hydrogen-bond donors (Lipinski definition) is 1. The molecular formula is C20H20FN3O3. The number of nitrogens with zero attached hydrogens (tertiary/aromatic N) is 2. The van der Waals surface area contributed by atoms with Crippen LogP contribution in [0, 0.1) is 18.7 Å². The van der Waals surface area contributed by atoms with E-state index in [1.54, 1.807) is 18.3 Å². The second kappa shape index (κ2) is 7.26. The van der Waals surface area contributed by atoms with E-state index in [1.807, 2.05) is 11.6 Å². The predicted molar refractivity (Wildman–Crippen MR) is 97.1 cm³/mol. The molecule has 1 aromatic carbocycles. The minimum Gasteiger partial charge on any atom is -0.486 e. The normalized spacial score (nSPS) is 13.6. The fraction of sp³-hybridized carbons (Fsp3) is 0.300. The van der Waals surface area contributed by atoms with E-state index in [0.717, 1.165) is 12.1 Å². The van der Waals surface area contributed by atoms with Crippen LogP contribution in [0.25, 0.3) is 0 Å². The van der Waals surface area contributed by atoms with Crippen LogP contribution in [0.1, 0.15) is 34.7 Å². The zero-order valence-corrected chi connectivity index (χ0v) is 14.9. The number of aromatic nitrogens is 2.